The van der Waals surface area contributed by atoms with E-state index in [1.165, 1.54) is 17.7 Å². The van der Waals surface area contributed by atoms with Gasteiger partial charge >= 0.3 is 0 Å². The predicted molar refractivity (Wildman–Crippen MR) is 89.3 cm³/mol. The highest BCUT2D eigenvalue weighted by atomic mass is 19.1. The molecule has 2 heterocycles. The molecule has 2 N–H and O–H groups in total. The molecule has 23 heavy (non-hydrogen) atoms. The third kappa shape index (κ3) is 2.82. The molecule has 2 aromatic carbocycles. The van der Waals surface area contributed by atoms with Crippen LogP contribution in [-0.4, -0.2) is 18.1 Å². The van der Waals surface area contributed by atoms with Crippen LogP contribution in [0.25, 0.3) is 10.9 Å². The number of fused-ring (bicyclic) bond motifs is 1. The molecular formula is C19H19FN2O. The molecule has 1 atom stereocenters. The summed E-state index contributed by atoms with van der Waals surface area (Å²) in [5, 5.41) is 4.40. The third-order valence-electron chi connectivity index (χ3n) is 4.48. The first-order valence-corrected chi connectivity index (χ1v) is 7.99. The van der Waals surface area contributed by atoms with Crippen molar-refractivity contribution in [2.75, 3.05) is 13.1 Å². The minimum Gasteiger partial charge on any atom is -0.488 e. The quantitative estimate of drug-likeness (QED) is 0.765. The van der Waals surface area contributed by atoms with Gasteiger partial charge in [-0.15, -0.1) is 0 Å². The highest BCUT2D eigenvalue weighted by Gasteiger charge is 2.22. The number of aromatic amines is 1. The number of aromatic nitrogens is 1. The number of benzene rings is 2. The van der Waals surface area contributed by atoms with E-state index in [0.717, 1.165) is 36.0 Å². The zero-order valence-corrected chi connectivity index (χ0v) is 12.8. The normalized spacial score (nSPS) is 17.7. The highest BCUT2D eigenvalue weighted by molar-refractivity contribution is 5.90. The molecule has 3 aromatic rings. The van der Waals surface area contributed by atoms with Crippen LogP contribution in [0.2, 0.25) is 0 Å². The Bertz CT molecular complexity index is 807. The molecule has 1 aliphatic heterocycles. The SMILES string of the molecule is Fc1cc(OCc2ccccc2)c2c(C3CCNC3)c[nH]c2c1. The molecule has 118 valence electrons. The van der Waals surface area contributed by atoms with Gasteiger partial charge in [0.25, 0.3) is 0 Å². The Labute approximate surface area is 134 Å². The Morgan fingerprint density at radius 1 is 1.17 bits per heavy atom. The summed E-state index contributed by atoms with van der Waals surface area (Å²) >= 11 is 0. The van der Waals surface area contributed by atoms with E-state index in [1.54, 1.807) is 0 Å². The van der Waals surface area contributed by atoms with Gasteiger partial charge in [0.2, 0.25) is 0 Å². The number of nitrogens with one attached hydrogen (secondary N) is 2. The van der Waals surface area contributed by atoms with Crippen molar-refractivity contribution in [3.05, 3.63) is 65.6 Å². The Morgan fingerprint density at radius 3 is 2.83 bits per heavy atom. The van der Waals surface area contributed by atoms with E-state index < -0.39 is 0 Å². The first-order valence-electron chi connectivity index (χ1n) is 7.99. The molecule has 3 nitrogen and oxygen atoms in total. The van der Waals surface area contributed by atoms with E-state index >= 15 is 0 Å². The van der Waals surface area contributed by atoms with E-state index in [0.29, 0.717) is 18.3 Å². The minimum absolute atomic E-state index is 0.279. The smallest absolute Gasteiger partial charge is 0.132 e. The van der Waals surface area contributed by atoms with Crippen LogP contribution in [0.3, 0.4) is 0 Å². The Morgan fingerprint density at radius 2 is 2.04 bits per heavy atom. The van der Waals surface area contributed by atoms with E-state index in [4.69, 9.17) is 4.74 Å². The molecule has 0 spiro atoms. The van der Waals surface area contributed by atoms with Crippen LogP contribution in [0.5, 0.6) is 5.75 Å². The Balaban J connectivity index is 1.70. The average molecular weight is 310 g/mol. The zero-order valence-electron chi connectivity index (χ0n) is 12.8. The van der Waals surface area contributed by atoms with Crippen LogP contribution >= 0.6 is 0 Å². The van der Waals surface area contributed by atoms with Crippen molar-refractivity contribution < 1.29 is 9.13 Å². The standard InChI is InChI=1S/C19H19FN2O/c20-15-8-17-19(16(11-22-17)14-6-7-21-10-14)18(9-15)23-12-13-4-2-1-3-5-13/h1-5,8-9,11,14,21-22H,6-7,10,12H2. The summed E-state index contributed by atoms with van der Waals surface area (Å²) in [6.07, 6.45) is 3.10. The fraction of sp³-hybridized carbons (Fsp3) is 0.263. The summed E-state index contributed by atoms with van der Waals surface area (Å²) in [6, 6.07) is 13.0. The number of H-pyrrole nitrogens is 1. The summed E-state index contributed by atoms with van der Waals surface area (Å²) in [7, 11) is 0. The van der Waals surface area contributed by atoms with Crippen LogP contribution in [0.1, 0.15) is 23.5 Å². The monoisotopic (exact) mass is 310 g/mol. The van der Waals surface area contributed by atoms with Crippen LogP contribution < -0.4 is 10.1 Å². The third-order valence-corrected chi connectivity index (χ3v) is 4.48. The van der Waals surface area contributed by atoms with Gasteiger partial charge in [-0.25, -0.2) is 4.39 Å². The summed E-state index contributed by atoms with van der Waals surface area (Å²) in [5.74, 6) is 0.791. The molecule has 1 fully saturated rings. The second-order valence-corrected chi connectivity index (χ2v) is 6.03. The molecule has 1 aliphatic rings. The van der Waals surface area contributed by atoms with Crippen molar-refractivity contribution in [2.24, 2.45) is 0 Å². The van der Waals surface area contributed by atoms with Crippen molar-refractivity contribution in [2.45, 2.75) is 18.9 Å². The molecule has 1 saturated heterocycles. The summed E-state index contributed by atoms with van der Waals surface area (Å²) < 4.78 is 19.9. The molecule has 0 amide bonds. The highest BCUT2D eigenvalue weighted by Crippen LogP contribution is 2.36. The zero-order chi connectivity index (χ0) is 15.6. The van der Waals surface area contributed by atoms with Gasteiger partial charge in [0.1, 0.15) is 18.2 Å². The topological polar surface area (TPSA) is 37.0 Å². The second kappa shape index (κ2) is 6.05. The number of halogens is 1. The van der Waals surface area contributed by atoms with E-state index in [1.807, 2.05) is 36.5 Å². The van der Waals surface area contributed by atoms with Gasteiger partial charge in [0.15, 0.2) is 0 Å². The van der Waals surface area contributed by atoms with Crippen LogP contribution in [0.15, 0.2) is 48.7 Å². The molecule has 0 radical (unpaired) electrons. The summed E-state index contributed by atoms with van der Waals surface area (Å²) in [5.41, 5.74) is 3.09. The molecule has 0 bridgehead atoms. The van der Waals surface area contributed by atoms with Gasteiger partial charge in [-0.3, -0.25) is 0 Å². The second-order valence-electron chi connectivity index (χ2n) is 6.03. The predicted octanol–water partition coefficient (Wildman–Crippen LogP) is 3.96. The first-order chi connectivity index (χ1) is 11.3. The van der Waals surface area contributed by atoms with Crippen molar-refractivity contribution in [3.8, 4) is 5.75 Å². The number of rotatable bonds is 4. The van der Waals surface area contributed by atoms with Gasteiger partial charge in [-0.05, 0) is 36.1 Å². The van der Waals surface area contributed by atoms with Gasteiger partial charge in [0, 0.05) is 24.2 Å². The number of ether oxygens (including phenoxy) is 1. The number of hydrogen-bond acceptors (Lipinski definition) is 2. The first kappa shape index (κ1) is 14.3. The minimum atomic E-state index is -0.279. The van der Waals surface area contributed by atoms with Gasteiger partial charge in [-0.2, -0.15) is 0 Å². The van der Waals surface area contributed by atoms with Crippen molar-refractivity contribution in [1.29, 1.82) is 0 Å². The molecular weight excluding hydrogens is 291 g/mol. The van der Waals surface area contributed by atoms with Crippen LogP contribution in [-0.2, 0) is 6.61 Å². The molecule has 0 aliphatic carbocycles. The van der Waals surface area contributed by atoms with E-state index in [2.05, 4.69) is 10.3 Å². The maximum atomic E-state index is 13.9. The lowest BCUT2D eigenvalue weighted by atomic mass is 9.97. The van der Waals surface area contributed by atoms with Crippen molar-refractivity contribution in [1.82, 2.24) is 10.3 Å². The molecule has 4 heteroatoms. The Hall–Kier alpha value is -2.33. The average Bonchev–Trinajstić information content (AvgIpc) is 3.22. The van der Waals surface area contributed by atoms with Gasteiger partial charge in [-0.1, -0.05) is 30.3 Å². The maximum absolute atomic E-state index is 13.9. The van der Waals surface area contributed by atoms with Crippen molar-refractivity contribution >= 4 is 10.9 Å². The molecule has 0 saturated carbocycles. The maximum Gasteiger partial charge on any atom is 0.132 e. The van der Waals surface area contributed by atoms with Crippen LogP contribution in [0, 0.1) is 5.82 Å². The fourth-order valence-electron chi connectivity index (χ4n) is 3.31. The van der Waals surface area contributed by atoms with E-state index in [-0.39, 0.29) is 5.82 Å². The van der Waals surface area contributed by atoms with Crippen LogP contribution in [0.4, 0.5) is 4.39 Å². The van der Waals surface area contributed by atoms with E-state index in [9.17, 15) is 4.39 Å². The fourth-order valence-corrected chi connectivity index (χ4v) is 3.31. The Kier molecular flexibility index (Phi) is 3.75. The number of hydrogen-bond donors (Lipinski definition) is 2. The lowest BCUT2D eigenvalue weighted by Crippen LogP contribution is -2.07. The largest absolute Gasteiger partial charge is 0.488 e. The van der Waals surface area contributed by atoms with Gasteiger partial charge in [0.05, 0.1) is 5.52 Å². The van der Waals surface area contributed by atoms with Gasteiger partial charge < -0.3 is 15.0 Å². The summed E-state index contributed by atoms with van der Waals surface area (Å²) in [6.45, 7) is 2.42. The lowest BCUT2D eigenvalue weighted by Gasteiger charge is -2.12. The van der Waals surface area contributed by atoms with Crippen molar-refractivity contribution in [3.63, 3.8) is 0 Å². The summed E-state index contributed by atoms with van der Waals surface area (Å²) in [4.78, 5) is 3.20. The lowest BCUT2D eigenvalue weighted by molar-refractivity contribution is 0.308. The molecule has 1 aromatic heterocycles. The molecule has 1 unspecified atom stereocenters. The molecule has 4 rings (SSSR count).